The van der Waals surface area contributed by atoms with Gasteiger partial charge in [-0.25, -0.2) is 10.5 Å². The van der Waals surface area contributed by atoms with Crippen molar-refractivity contribution in [2.45, 2.75) is 51.5 Å². The van der Waals surface area contributed by atoms with Crippen molar-refractivity contribution in [2.24, 2.45) is 23.5 Å². The van der Waals surface area contributed by atoms with E-state index < -0.39 is 45.7 Å². The Morgan fingerprint density at radius 1 is 0.867 bits per heavy atom. The van der Waals surface area contributed by atoms with Crippen LogP contribution < -0.4 is 21.6 Å². The Balaban J connectivity index is 0.000000537. The molecule has 0 bridgehead atoms. The third-order valence-corrected chi connectivity index (χ3v) is 7.53. The molecule has 242 valence electrons. The van der Waals surface area contributed by atoms with E-state index in [1.165, 1.54) is 19.1 Å². The first-order valence-electron chi connectivity index (χ1n) is 14.4. The van der Waals surface area contributed by atoms with Crippen molar-refractivity contribution < 1.29 is 32.6 Å². The Labute approximate surface area is 264 Å². The molecule has 3 aromatic carbocycles. The fourth-order valence-electron chi connectivity index (χ4n) is 4.34. The minimum atomic E-state index is -4.02. The van der Waals surface area contributed by atoms with Crippen LogP contribution in [0, 0.1) is 24.7 Å². The number of allylic oxidation sites excluding steroid dienone is 1. The van der Waals surface area contributed by atoms with Gasteiger partial charge in [0.05, 0.1) is 28.5 Å². The smallest absolute Gasteiger partial charge is 0.294 e. The fourth-order valence-corrected chi connectivity index (χ4v) is 4.82. The minimum Gasteiger partial charge on any atom is -0.320 e. The number of hydrogen-bond donors (Lipinski definition) is 5. The molecule has 6 N–H and O–H groups in total. The molecule has 45 heavy (non-hydrogen) atoms. The van der Waals surface area contributed by atoms with E-state index in [9.17, 15) is 28.0 Å². The summed E-state index contributed by atoms with van der Waals surface area (Å²) in [5.74, 6) is -3.24. The molecule has 0 radical (unpaired) electrons. The van der Waals surface area contributed by atoms with E-state index >= 15 is 0 Å². The van der Waals surface area contributed by atoms with Gasteiger partial charge < -0.3 is 5.73 Å². The highest BCUT2D eigenvalue weighted by Crippen LogP contribution is 2.26. The van der Waals surface area contributed by atoms with Crippen molar-refractivity contribution in [3.05, 3.63) is 102 Å². The predicted octanol–water partition coefficient (Wildman–Crippen LogP) is 4.53. The number of anilines is 1. The van der Waals surface area contributed by atoms with Gasteiger partial charge in [0.1, 0.15) is 0 Å². The van der Waals surface area contributed by atoms with Crippen LogP contribution in [0.25, 0.3) is 6.08 Å². The van der Waals surface area contributed by atoms with Crippen LogP contribution in [-0.2, 0) is 24.5 Å². The maximum absolute atomic E-state index is 13.5. The second-order valence-corrected chi connectivity index (χ2v) is 12.4. The molecular formula is C33H42N4O7S. The normalized spacial score (nSPS) is 13.2. The molecule has 0 saturated heterocycles. The van der Waals surface area contributed by atoms with E-state index in [-0.39, 0.29) is 17.2 Å². The van der Waals surface area contributed by atoms with Gasteiger partial charge in [0, 0.05) is 0 Å². The lowest BCUT2D eigenvalue weighted by Gasteiger charge is -2.30. The first-order valence-corrected chi connectivity index (χ1v) is 15.8. The summed E-state index contributed by atoms with van der Waals surface area (Å²) in [6, 6.07) is 23.3. The number of aryl methyl sites for hydroxylation is 1. The maximum atomic E-state index is 13.5. The molecule has 0 aliphatic carbocycles. The number of nitrogens with two attached hydrogens (primary N) is 1. The molecule has 0 fully saturated rings. The number of benzene rings is 3. The van der Waals surface area contributed by atoms with Crippen LogP contribution in [0.1, 0.15) is 44.7 Å². The van der Waals surface area contributed by atoms with Crippen molar-refractivity contribution in [1.82, 2.24) is 10.9 Å². The molecule has 3 atom stereocenters. The number of nitrogens with zero attached hydrogens (tertiary/aromatic N) is 1. The molecule has 0 aliphatic heterocycles. The lowest BCUT2D eigenvalue weighted by atomic mass is 9.82. The summed E-state index contributed by atoms with van der Waals surface area (Å²) in [6.45, 7) is 7.26. The van der Waals surface area contributed by atoms with Crippen molar-refractivity contribution in [3.8, 4) is 0 Å². The standard InChI is InChI=1S/C26H34N4O4.C7H8O3S/c1-18(2)17-23(22(25(32)29-34)16-10-13-20-11-6-4-7-12-20)24(31)28-30(26(33)19(3)27)21-14-8-5-9-15-21;1-6-2-4-7(5-3-6)11(8,9)10/h4-15,18-19,22-23,34H,16-17,27H2,1-3H3,(H,28,31)(H,29,32);2-5H,1H3,(H,8,9,10)/t19-,22-,23+;/m0./s1. The molecule has 0 aromatic heterocycles. The summed E-state index contributed by atoms with van der Waals surface area (Å²) >= 11 is 0. The van der Waals surface area contributed by atoms with Gasteiger partial charge in [0.2, 0.25) is 11.8 Å². The molecule has 0 heterocycles. The van der Waals surface area contributed by atoms with Gasteiger partial charge >= 0.3 is 0 Å². The van der Waals surface area contributed by atoms with Gasteiger partial charge in [-0.3, -0.25) is 29.6 Å². The topological polar surface area (TPSA) is 179 Å². The van der Waals surface area contributed by atoms with E-state index in [0.29, 0.717) is 12.1 Å². The van der Waals surface area contributed by atoms with Crippen molar-refractivity contribution in [1.29, 1.82) is 0 Å². The van der Waals surface area contributed by atoms with E-state index in [4.69, 9.17) is 10.3 Å². The van der Waals surface area contributed by atoms with Gasteiger partial charge in [0.15, 0.2) is 0 Å². The zero-order chi connectivity index (χ0) is 33.6. The maximum Gasteiger partial charge on any atom is 0.294 e. The Bertz CT molecular complexity index is 1510. The van der Waals surface area contributed by atoms with E-state index in [1.54, 1.807) is 54.0 Å². The van der Waals surface area contributed by atoms with E-state index in [0.717, 1.165) is 16.1 Å². The van der Waals surface area contributed by atoms with Crippen LogP contribution in [-0.4, -0.2) is 41.9 Å². The zero-order valence-corrected chi connectivity index (χ0v) is 26.6. The van der Waals surface area contributed by atoms with Gasteiger partial charge in [-0.05, 0) is 62.4 Å². The van der Waals surface area contributed by atoms with Crippen LogP contribution in [0.3, 0.4) is 0 Å². The monoisotopic (exact) mass is 638 g/mol. The largest absolute Gasteiger partial charge is 0.320 e. The molecule has 11 nitrogen and oxygen atoms in total. The summed E-state index contributed by atoms with van der Waals surface area (Å²) in [7, 11) is -4.02. The molecule has 3 rings (SSSR count). The second-order valence-electron chi connectivity index (χ2n) is 10.9. The number of carbonyl (C=O) groups is 3. The summed E-state index contributed by atoms with van der Waals surface area (Å²) in [5.41, 5.74) is 12.5. The second kappa shape index (κ2) is 17.8. The highest BCUT2D eigenvalue weighted by atomic mass is 32.2. The molecule has 0 unspecified atom stereocenters. The summed E-state index contributed by atoms with van der Waals surface area (Å²) in [6.07, 6.45) is 4.26. The number of hydrazine groups is 1. The quantitative estimate of drug-likeness (QED) is 0.115. The third-order valence-electron chi connectivity index (χ3n) is 6.66. The number of amides is 3. The number of carbonyl (C=O) groups excluding carboxylic acids is 3. The van der Waals surface area contributed by atoms with E-state index in [1.807, 2.05) is 57.2 Å². The Kier molecular flexibility index (Phi) is 14.6. The fraction of sp³-hybridized carbons (Fsp3) is 0.303. The van der Waals surface area contributed by atoms with Gasteiger partial charge in [-0.15, -0.1) is 0 Å². The van der Waals surface area contributed by atoms with Gasteiger partial charge in [-0.2, -0.15) is 8.42 Å². The summed E-state index contributed by atoms with van der Waals surface area (Å²) < 4.78 is 29.6. The molecule has 0 saturated carbocycles. The summed E-state index contributed by atoms with van der Waals surface area (Å²) in [5, 5.41) is 10.5. The zero-order valence-electron chi connectivity index (χ0n) is 25.8. The number of para-hydroxylation sites is 1. The predicted molar refractivity (Wildman–Crippen MR) is 173 cm³/mol. The van der Waals surface area contributed by atoms with Gasteiger partial charge in [-0.1, -0.05) is 92.2 Å². The van der Waals surface area contributed by atoms with Crippen molar-refractivity contribution in [3.63, 3.8) is 0 Å². The number of nitrogens with one attached hydrogen (secondary N) is 2. The minimum absolute atomic E-state index is 0.0666. The van der Waals surface area contributed by atoms with E-state index in [2.05, 4.69) is 5.43 Å². The van der Waals surface area contributed by atoms with Crippen LogP contribution in [0.15, 0.2) is 95.9 Å². The molecule has 3 amide bonds. The SMILES string of the molecule is CC(C)C[C@@H](C(=O)NN(C(=O)[C@H](C)N)c1ccccc1)[C@H](CC=Cc1ccccc1)C(=O)NO.Cc1ccc(S(=O)(=O)O)cc1. The Morgan fingerprint density at radius 2 is 1.42 bits per heavy atom. The molecule has 0 spiro atoms. The highest BCUT2D eigenvalue weighted by molar-refractivity contribution is 7.85. The number of hydrogen-bond acceptors (Lipinski definition) is 7. The average Bonchev–Trinajstić information content (AvgIpc) is 3.01. The molecule has 3 aromatic rings. The molecular weight excluding hydrogens is 596 g/mol. The summed E-state index contributed by atoms with van der Waals surface area (Å²) in [4.78, 5) is 38.8. The van der Waals surface area contributed by atoms with Crippen molar-refractivity contribution in [2.75, 3.05) is 5.01 Å². The number of rotatable bonds is 11. The first-order chi connectivity index (χ1) is 21.2. The Hall–Kier alpha value is -4.36. The molecule has 12 heteroatoms. The average molecular weight is 639 g/mol. The van der Waals surface area contributed by atoms with Gasteiger partial charge in [0.25, 0.3) is 16.0 Å². The first kappa shape index (κ1) is 36.8. The van der Waals surface area contributed by atoms with Crippen LogP contribution in [0.4, 0.5) is 5.69 Å². The number of hydroxylamine groups is 1. The van der Waals surface area contributed by atoms with Crippen LogP contribution in [0.2, 0.25) is 0 Å². The Morgan fingerprint density at radius 3 is 1.91 bits per heavy atom. The van der Waals surface area contributed by atoms with Crippen LogP contribution >= 0.6 is 0 Å². The van der Waals surface area contributed by atoms with Crippen molar-refractivity contribution >= 4 is 39.6 Å². The third kappa shape index (κ3) is 12.3. The molecule has 0 aliphatic rings. The highest BCUT2D eigenvalue weighted by Gasteiger charge is 2.35. The lowest BCUT2D eigenvalue weighted by Crippen LogP contribution is -2.55. The van der Waals surface area contributed by atoms with Crippen LogP contribution in [0.5, 0.6) is 0 Å². The lowest BCUT2D eigenvalue weighted by molar-refractivity contribution is -0.141.